The van der Waals surface area contributed by atoms with E-state index in [0.29, 0.717) is 18.0 Å². The molecule has 2 aliphatic rings. The highest BCUT2D eigenvalue weighted by Crippen LogP contribution is 2.41. The molecular formula is C23H24BrN3O5S. The SMILES string of the molecule is COc1ccc(C2NC(=O)NC3=C2CN(C(=O)CSCC(O)CO)c2ccccc23)cc1Br. The van der Waals surface area contributed by atoms with Crippen LogP contribution >= 0.6 is 27.7 Å². The number of carbonyl (C=O) groups is 2. The zero-order valence-corrected chi connectivity index (χ0v) is 20.3. The normalized spacial score (nSPS) is 18.1. The second-order valence-corrected chi connectivity index (χ2v) is 9.56. The number of urea groups is 1. The molecule has 33 heavy (non-hydrogen) atoms. The topological polar surface area (TPSA) is 111 Å². The highest BCUT2D eigenvalue weighted by Gasteiger charge is 2.36. The van der Waals surface area contributed by atoms with E-state index >= 15 is 0 Å². The van der Waals surface area contributed by atoms with Gasteiger partial charge in [0.25, 0.3) is 0 Å². The first-order valence-corrected chi connectivity index (χ1v) is 12.3. The molecule has 0 radical (unpaired) electrons. The van der Waals surface area contributed by atoms with Gasteiger partial charge in [-0.15, -0.1) is 11.8 Å². The maximum atomic E-state index is 13.2. The summed E-state index contributed by atoms with van der Waals surface area (Å²) < 4.78 is 6.09. The van der Waals surface area contributed by atoms with Crippen LogP contribution in [0.1, 0.15) is 17.2 Å². The standard InChI is InChI=1S/C23H24BrN3O5S/c1-32-19-7-6-13(8-17(19)24)21-16-9-27(20(30)12-33-11-14(29)10-28)18-5-3-2-4-15(18)22(16)26-23(31)25-21/h2-8,14,21,28-29H,9-12H2,1H3,(H2,25,26,31). The maximum absolute atomic E-state index is 13.2. The Labute approximate surface area is 204 Å². The summed E-state index contributed by atoms with van der Waals surface area (Å²) in [4.78, 5) is 27.4. The van der Waals surface area contributed by atoms with Crippen LogP contribution in [0, 0.1) is 0 Å². The molecule has 10 heteroatoms. The predicted molar refractivity (Wildman–Crippen MR) is 131 cm³/mol. The van der Waals surface area contributed by atoms with Crippen LogP contribution in [0.4, 0.5) is 10.5 Å². The van der Waals surface area contributed by atoms with Gasteiger partial charge in [-0.1, -0.05) is 24.3 Å². The zero-order chi connectivity index (χ0) is 23.5. The lowest BCUT2D eigenvalue weighted by Gasteiger charge is -2.39. The van der Waals surface area contributed by atoms with Crippen molar-refractivity contribution < 1.29 is 24.5 Å². The molecule has 2 atom stereocenters. The number of aliphatic hydroxyl groups excluding tert-OH is 2. The molecule has 2 aromatic carbocycles. The number of ether oxygens (including phenoxy) is 1. The first-order chi connectivity index (χ1) is 15.9. The lowest BCUT2D eigenvalue weighted by molar-refractivity contribution is -0.116. The van der Waals surface area contributed by atoms with Gasteiger partial charge < -0.3 is 30.5 Å². The van der Waals surface area contributed by atoms with Gasteiger partial charge in [-0.3, -0.25) is 4.79 Å². The van der Waals surface area contributed by atoms with Gasteiger partial charge >= 0.3 is 6.03 Å². The number of para-hydroxylation sites is 1. The second-order valence-electron chi connectivity index (χ2n) is 7.67. The molecule has 0 spiro atoms. The van der Waals surface area contributed by atoms with Gasteiger partial charge in [0, 0.05) is 16.9 Å². The van der Waals surface area contributed by atoms with Crippen LogP contribution in [-0.2, 0) is 4.79 Å². The Hall–Kier alpha value is -2.53. The fraction of sp³-hybridized carbons (Fsp3) is 0.304. The van der Waals surface area contributed by atoms with Crippen molar-refractivity contribution >= 4 is 51.0 Å². The van der Waals surface area contributed by atoms with Gasteiger partial charge in [0.2, 0.25) is 5.91 Å². The molecule has 0 fully saturated rings. The van der Waals surface area contributed by atoms with E-state index in [2.05, 4.69) is 26.6 Å². The first kappa shape index (κ1) is 23.6. The van der Waals surface area contributed by atoms with Crippen molar-refractivity contribution in [3.05, 3.63) is 63.6 Å². The van der Waals surface area contributed by atoms with Crippen molar-refractivity contribution in [2.24, 2.45) is 0 Å². The van der Waals surface area contributed by atoms with Crippen molar-refractivity contribution in [2.75, 3.05) is 36.7 Å². The number of halogens is 1. The van der Waals surface area contributed by atoms with E-state index in [4.69, 9.17) is 9.84 Å². The van der Waals surface area contributed by atoms with E-state index in [1.807, 2.05) is 42.5 Å². The summed E-state index contributed by atoms with van der Waals surface area (Å²) in [7, 11) is 1.59. The molecule has 2 heterocycles. The Kier molecular flexibility index (Phi) is 7.28. The van der Waals surface area contributed by atoms with Crippen LogP contribution < -0.4 is 20.3 Å². The molecule has 3 amide bonds. The van der Waals surface area contributed by atoms with Crippen molar-refractivity contribution in [3.63, 3.8) is 0 Å². The number of nitrogens with zero attached hydrogens (tertiary/aromatic N) is 1. The number of hydrogen-bond donors (Lipinski definition) is 4. The molecule has 0 aromatic heterocycles. The van der Waals surface area contributed by atoms with E-state index in [1.165, 1.54) is 11.8 Å². The number of methoxy groups -OCH3 is 1. The summed E-state index contributed by atoms with van der Waals surface area (Å²) in [5.74, 6) is 0.995. The van der Waals surface area contributed by atoms with E-state index in [0.717, 1.165) is 26.9 Å². The molecule has 4 N–H and O–H groups in total. The third-order valence-corrected chi connectivity index (χ3v) is 7.22. The van der Waals surface area contributed by atoms with E-state index in [-0.39, 0.29) is 30.1 Å². The molecular weight excluding hydrogens is 510 g/mol. The average molecular weight is 534 g/mol. The highest BCUT2D eigenvalue weighted by molar-refractivity contribution is 9.10. The third-order valence-electron chi connectivity index (χ3n) is 5.53. The number of benzene rings is 2. The second kappa shape index (κ2) is 10.2. The van der Waals surface area contributed by atoms with Crippen molar-refractivity contribution in [3.8, 4) is 5.75 Å². The first-order valence-electron chi connectivity index (χ1n) is 10.3. The van der Waals surface area contributed by atoms with Crippen molar-refractivity contribution in [1.82, 2.24) is 10.6 Å². The monoisotopic (exact) mass is 533 g/mol. The van der Waals surface area contributed by atoms with E-state index in [1.54, 1.807) is 12.0 Å². The molecule has 174 valence electrons. The van der Waals surface area contributed by atoms with Crippen LogP contribution in [0.3, 0.4) is 0 Å². The van der Waals surface area contributed by atoms with Crippen molar-refractivity contribution in [2.45, 2.75) is 12.1 Å². The molecule has 2 aliphatic heterocycles. The van der Waals surface area contributed by atoms with Crippen LogP contribution in [0.5, 0.6) is 5.75 Å². The average Bonchev–Trinajstić information content (AvgIpc) is 2.82. The number of carbonyl (C=O) groups excluding carboxylic acids is 2. The Balaban J connectivity index is 1.69. The van der Waals surface area contributed by atoms with Crippen LogP contribution in [-0.4, -0.2) is 60.0 Å². The van der Waals surface area contributed by atoms with E-state index < -0.39 is 12.1 Å². The van der Waals surface area contributed by atoms with Crippen molar-refractivity contribution in [1.29, 1.82) is 0 Å². The molecule has 0 aliphatic carbocycles. The van der Waals surface area contributed by atoms with Gasteiger partial charge in [-0.2, -0.15) is 0 Å². The smallest absolute Gasteiger partial charge is 0.320 e. The minimum absolute atomic E-state index is 0.115. The predicted octanol–water partition coefficient (Wildman–Crippen LogP) is 2.66. The van der Waals surface area contributed by atoms with E-state index in [9.17, 15) is 14.7 Å². The van der Waals surface area contributed by atoms with Gasteiger partial charge in [0.05, 0.1) is 54.0 Å². The van der Waals surface area contributed by atoms with Gasteiger partial charge in [-0.05, 0) is 39.7 Å². The molecule has 0 saturated heterocycles. The molecule has 4 rings (SSSR count). The van der Waals surface area contributed by atoms with Gasteiger partial charge in [0.1, 0.15) is 5.75 Å². The number of fused-ring (bicyclic) bond motifs is 2. The van der Waals surface area contributed by atoms with Gasteiger partial charge in [-0.25, -0.2) is 4.79 Å². The summed E-state index contributed by atoms with van der Waals surface area (Å²) in [5, 5.41) is 24.5. The highest BCUT2D eigenvalue weighted by atomic mass is 79.9. The molecule has 0 bridgehead atoms. The number of aliphatic hydroxyl groups is 2. The molecule has 2 unspecified atom stereocenters. The lowest BCUT2D eigenvalue weighted by Crippen LogP contribution is -2.49. The third kappa shape index (κ3) is 4.89. The fourth-order valence-corrected chi connectivity index (χ4v) is 5.35. The maximum Gasteiger partial charge on any atom is 0.320 e. The summed E-state index contributed by atoms with van der Waals surface area (Å²) in [5.41, 5.74) is 3.94. The van der Waals surface area contributed by atoms with Gasteiger partial charge in [0.15, 0.2) is 0 Å². The number of amides is 3. The molecule has 8 nitrogen and oxygen atoms in total. The summed E-state index contributed by atoms with van der Waals surface area (Å²) in [6.45, 7) is -0.0374. The Morgan fingerprint density at radius 2 is 2.12 bits per heavy atom. The molecule has 2 aromatic rings. The quantitative estimate of drug-likeness (QED) is 0.435. The van der Waals surface area contributed by atoms with Crippen LogP contribution in [0.15, 0.2) is 52.5 Å². The lowest BCUT2D eigenvalue weighted by atomic mass is 9.89. The number of rotatable bonds is 7. The van der Waals surface area contributed by atoms with Crippen LogP contribution in [0.25, 0.3) is 5.70 Å². The molecule has 0 saturated carbocycles. The Bertz CT molecular complexity index is 1110. The number of anilines is 1. The van der Waals surface area contributed by atoms with Crippen LogP contribution in [0.2, 0.25) is 0 Å². The summed E-state index contributed by atoms with van der Waals surface area (Å²) in [6, 6.07) is 12.4. The minimum Gasteiger partial charge on any atom is -0.496 e. The summed E-state index contributed by atoms with van der Waals surface area (Å²) in [6.07, 6.45) is -0.860. The number of hydrogen-bond acceptors (Lipinski definition) is 6. The summed E-state index contributed by atoms with van der Waals surface area (Å²) >= 11 is 4.78. The number of nitrogens with one attached hydrogen (secondary N) is 2. The zero-order valence-electron chi connectivity index (χ0n) is 17.9. The fourth-order valence-electron chi connectivity index (χ4n) is 3.96. The largest absolute Gasteiger partial charge is 0.496 e. The Morgan fingerprint density at radius 3 is 2.85 bits per heavy atom. The Morgan fingerprint density at radius 1 is 1.33 bits per heavy atom. The minimum atomic E-state index is -0.860. The number of thioether (sulfide) groups is 1.